The Morgan fingerprint density at radius 1 is 1.35 bits per heavy atom. The number of rotatable bonds is 4. The normalized spacial score (nSPS) is 20.7. The van der Waals surface area contributed by atoms with E-state index in [0.717, 1.165) is 42.7 Å². The molecule has 23 heavy (non-hydrogen) atoms. The zero-order valence-corrected chi connectivity index (χ0v) is 14.7. The van der Waals surface area contributed by atoms with Crippen LogP contribution in [0, 0.1) is 0 Å². The molecule has 1 fully saturated rings. The van der Waals surface area contributed by atoms with Crippen LogP contribution in [0.1, 0.15) is 25.8 Å². The van der Waals surface area contributed by atoms with Crippen LogP contribution in [0.3, 0.4) is 0 Å². The summed E-state index contributed by atoms with van der Waals surface area (Å²) in [7, 11) is 0. The highest BCUT2D eigenvalue weighted by Crippen LogP contribution is 2.32. The second-order valence-corrected chi connectivity index (χ2v) is 7.11. The fourth-order valence-electron chi connectivity index (χ4n) is 2.79. The maximum atomic E-state index is 5.44. The van der Waals surface area contributed by atoms with Gasteiger partial charge in [0.2, 0.25) is 6.79 Å². The zero-order valence-electron chi connectivity index (χ0n) is 13.9. The third-order valence-electron chi connectivity index (χ3n) is 4.08. The van der Waals surface area contributed by atoms with Crippen molar-refractivity contribution in [2.45, 2.75) is 32.1 Å². The van der Waals surface area contributed by atoms with Crippen molar-refractivity contribution < 1.29 is 9.47 Å². The Kier molecular flexibility index (Phi) is 5.54. The van der Waals surface area contributed by atoms with Gasteiger partial charge in [-0.05, 0) is 31.0 Å². The minimum absolute atomic E-state index is 0.314. The van der Waals surface area contributed by atoms with Crippen molar-refractivity contribution in [2.24, 2.45) is 4.99 Å². The number of hydrogen-bond donors (Lipinski definition) is 1. The lowest BCUT2D eigenvalue weighted by Crippen LogP contribution is -2.48. The molecular weight excluding hydrogens is 310 g/mol. The minimum Gasteiger partial charge on any atom is -0.454 e. The van der Waals surface area contributed by atoms with Crippen LogP contribution in [0.5, 0.6) is 11.5 Å². The quantitative estimate of drug-likeness (QED) is 0.677. The molecule has 0 bridgehead atoms. The Morgan fingerprint density at radius 2 is 2.22 bits per heavy atom. The molecule has 1 unspecified atom stereocenters. The first kappa shape index (κ1) is 16.3. The number of hydrogen-bond acceptors (Lipinski definition) is 4. The molecule has 2 aliphatic rings. The van der Waals surface area contributed by atoms with Gasteiger partial charge in [-0.25, -0.2) is 4.99 Å². The van der Waals surface area contributed by atoms with E-state index >= 15 is 0 Å². The summed E-state index contributed by atoms with van der Waals surface area (Å²) in [4.78, 5) is 7.22. The summed E-state index contributed by atoms with van der Waals surface area (Å²) in [6, 6.07) is 6.04. The van der Waals surface area contributed by atoms with E-state index in [4.69, 9.17) is 14.5 Å². The van der Waals surface area contributed by atoms with Crippen molar-refractivity contribution in [1.82, 2.24) is 10.2 Å². The number of nitrogens with zero attached hydrogens (tertiary/aromatic N) is 2. The SMILES string of the molecule is CCNC(=NCc1ccc2c(c1)OCO2)N1CCSC(CC)C1. The first-order valence-electron chi connectivity index (χ1n) is 8.33. The Bertz CT molecular complexity index is 565. The molecule has 1 aromatic carbocycles. The smallest absolute Gasteiger partial charge is 0.231 e. The molecule has 0 amide bonds. The van der Waals surface area contributed by atoms with Crippen molar-refractivity contribution in [3.63, 3.8) is 0 Å². The summed E-state index contributed by atoms with van der Waals surface area (Å²) in [6.07, 6.45) is 1.21. The van der Waals surface area contributed by atoms with Gasteiger partial charge in [-0.3, -0.25) is 0 Å². The molecule has 0 radical (unpaired) electrons. The first-order chi connectivity index (χ1) is 11.3. The van der Waals surface area contributed by atoms with Crippen LogP contribution in [-0.2, 0) is 6.54 Å². The summed E-state index contributed by atoms with van der Waals surface area (Å²) in [6.45, 7) is 8.38. The molecular formula is C17H25N3O2S. The molecule has 1 atom stereocenters. The van der Waals surface area contributed by atoms with Crippen LogP contribution in [0.25, 0.3) is 0 Å². The predicted octanol–water partition coefficient (Wildman–Crippen LogP) is 2.71. The van der Waals surface area contributed by atoms with Crippen LogP contribution >= 0.6 is 11.8 Å². The molecule has 0 saturated carbocycles. The van der Waals surface area contributed by atoms with Gasteiger partial charge >= 0.3 is 0 Å². The summed E-state index contributed by atoms with van der Waals surface area (Å²) in [5.74, 6) is 3.84. The minimum atomic E-state index is 0.314. The van der Waals surface area contributed by atoms with E-state index in [9.17, 15) is 0 Å². The Hall–Kier alpha value is -1.56. The number of nitrogens with one attached hydrogen (secondary N) is 1. The van der Waals surface area contributed by atoms with E-state index in [2.05, 4.69) is 41.9 Å². The molecule has 6 heteroatoms. The maximum absolute atomic E-state index is 5.44. The van der Waals surface area contributed by atoms with Gasteiger partial charge in [0.1, 0.15) is 0 Å². The van der Waals surface area contributed by atoms with Gasteiger partial charge in [0, 0.05) is 30.6 Å². The third kappa shape index (κ3) is 4.05. The highest BCUT2D eigenvalue weighted by Gasteiger charge is 2.21. The average molecular weight is 335 g/mol. The highest BCUT2D eigenvalue weighted by atomic mass is 32.2. The van der Waals surface area contributed by atoms with Crippen LogP contribution in [0.15, 0.2) is 23.2 Å². The molecule has 1 saturated heterocycles. The van der Waals surface area contributed by atoms with Crippen molar-refractivity contribution in [2.75, 3.05) is 32.2 Å². The topological polar surface area (TPSA) is 46.1 Å². The van der Waals surface area contributed by atoms with E-state index in [1.54, 1.807) is 0 Å². The van der Waals surface area contributed by atoms with Crippen molar-refractivity contribution in [3.8, 4) is 11.5 Å². The lowest BCUT2D eigenvalue weighted by molar-refractivity contribution is 0.174. The zero-order chi connectivity index (χ0) is 16.1. The van der Waals surface area contributed by atoms with Crippen molar-refractivity contribution in [1.29, 1.82) is 0 Å². The molecule has 1 aromatic rings. The number of ether oxygens (including phenoxy) is 2. The van der Waals surface area contributed by atoms with E-state index in [-0.39, 0.29) is 0 Å². The van der Waals surface area contributed by atoms with Crippen LogP contribution in [0.2, 0.25) is 0 Å². The molecule has 126 valence electrons. The number of guanidine groups is 1. The summed E-state index contributed by atoms with van der Waals surface area (Å²) in [5.41, 5.74) is 1.14. The lowest BCUT2D eigenvalue weighted by Gasteiger charge is -2.34. The molecule has 0 aromatic heterocycles. The molecule has 1 N–H and O–H groups in total. The predicted molar refractivity (Wildman–Crippen MR) is 95.5 cm³/mol. The Balaban J connectivity index is 1.68. The van der Waals surface area contributed by atoms with E-state index in [1.165, 1.54) is 12.2 Å². The first-order valence-corrected chi connectivity index (χ1v) is 9.38. The van der Waals surface area contributed by atoms with Crippen LogP contribution < -0.4 is 14.8 Å². The second-order valence-electron chi connectivity index (χ2n) is 5.70. The molecule has 2 heterocycles. The number of fused-ring (bicyclic) bond motifs is 1. The second kappa shape index (κ2) is 7.81. The molecule has 0 spiro atoms. The van der Waals surface area contributed by atoms with Crippen molar-refractivity contribution >= 4 is 17.7 Å². The van der Waals surface area contributed by atoms with Crippen molar-refractivity contribution in [3.05, 3.63) is 23.8 Å². The van der Waals surface area contributed by atoms with Gasteiger partial charge in [-0.1, -0.05) is 13.0 Å². The van der Waals surface area contributed by atoms with E-state index < -0.39 is 0 Å². The lowest BCUT2D eigenvalue weighted by atomic mass is 10.2. The fraction of sp³-hybridized carbons (Fsp3) is 0.588. The number of thioether (sulfide) groups is 1. The number of aliphatic imine (C=N–C) groups is 1. The van der Waals surface area contributed by atoms with E-state index in [0.29, 0.717) is 18.6 Å². The third-order valence-corrected chi connectivity index (χ3v) is 5.45. The van der Waals surface area contributed by atoms with Gasteiger partial charge in [0.05, 0.1) is 6.54 Å². The summed E-state index contributed by atoms with van der Waals surface area (Å²) in [5, 5.41) is 4.14. The summed E-state index contributed by atoms with van der Waals surface area (Å²) < 4.78 is 10.8. The maximum Gasteiger partial charge on any atom is 0.231 e. The highest BCUT2D eigenvalue weighted by molar-refractivity contribution is 8.00. The van der Waals surface area contributed by atoms with Gasteiger partial charge in [0.25, 0.3) is 0 Å². The molecule has 2 aliphatic heterocycles. The standard InChI is InChI=1S/C17H25N3O2S/c1-3-14-11-20(7-8-23-14)17(18-4-2)19-10-13-5-6-15-16(9-13)22-12-21-15/h5-6,9,14H,3-4,7-8,10-12H2,1-2H3,(H,18,19). The van der Waals surface area contributed by atoms with Gasteiger partial charge < -0.3 is 19.7 Å². The fourth-order valence-corrected chi connectivity index (χ4v) is 3.97. The molecule has 0 aliphatic carbocycles. The molecule has 3 rings (SSSR count). The van der Waals surface area contributed by atoms with Gasteiger partial charge in [0.15, 0.2) is 17.5 Å². The largest absolute Gasteiger partial charge is 0.454 e. The molecule has 5 nitrogen and oxygen atoms in total. The summed E-state index contributed by atoms with van der Waals surface area (Å²) >= 11 is 2.08. The average Bonchev–Trinajstić information content (AvgIpc) is 3.06. The van der Waals surface area contributed by atoms with Gasteiger partial charge in [-0.15, -0.1) is 0 Å². The van der Waals surface area contributed by atoms with E-state index in [1.807, 2.05) is 12.1 Å². The van der Waals surface area contributed by atoms with Gasteiger partial charge in [-0.2, -0.15) is 11.8 Å². The Labute approximate surface area is 142 Å². The van der Waals surface area contributed by atoms with Crippen LogP contribution in [-0.4, -0.2) is 48.3 Å². The number of benzene rings is 1. The monoisotopic (exact) mass is 335 g/mol. The van der Waals surface area contributed by atoms with Crippen LogP contribution in [0.4, 0.5) is 0 Å². The Morgan fingerprint density at radius 3 is 3.04 bits per heavy atom.